The number of nitrogens with zero attached hydrogens (tertiary/aromatic N) is 5. The molecule has 1 unspecified atom stereocenters. The van der Waals surface area contributed by atoms with Crippen molar-refractivity contribution in [3.63, 3.8) is 0 Å². The minimum absolute atomic E-state index is 0.0197. The minimum Gasteiger partial charge on any atom is -0.508 e. The summed E-state index contributed by atoms with van der Waals surface area (Å²) < 4.78 is 39.9. The number of hydrogen-bond acceptors (Lipinski definition) is 6. The number of phenolic OH excluding ortho intramolecular Hbond substituents is 1. The second-order valence-electron chi connectivity index (χ2n) is 7.57. The second-order valence-corrected chi connectivity index (χ2v) is 7.57. The topological polar surface area (TPSA) is 95.7 Å². The summed E-state index contributed by atoms with van der Waals surface area (Å²) >= 11 is 0. The number of piperidine rings is 1. The number of benzene rings is 1. The van der Waals surface area contributed by atoms with Crippen LogP contribution in [0.1, 0.15) is 37.2 Å². The first kappa shape index (κ1) is 20.9. The molecule has 8 nitrogen and oxygen atoms in total. The smallest absolute Gasteiger partial charge is 0.453 e. The van der Waals surface area contributed by atoms with Crippen LogP contribution in [0.15, 0.2) is 36.4 Å². The number of hydrogen-bond donors (Lipinski definition) is 2. The van der Waals surface area contributed by atoms with Crippen LogP contribution in [0.2, 0.25) is 0 Å². The third kappa shape index (κ3) is 4.39. The molecule has 2 aromatic heterocycles. The van der Waals surface area contributed by atoms with Gasteiger partial charge >= 0.3 is 6.18 Å². The van der Waals surface area contributed by atoms with E-state index in [0.717, 1.165) is 5.56 Å². The van der Waals surface area contributed by atoms with Gasteiger partial charge in [-0.05, 0) is 49.6 Å². The van der Waals surface area contributed by atoms with E-state index in [-0.39, 0.29) is 29.3 Å². The monoisotopic (exact) mass is 434 g/mol. The average Bonchev–Trinajstić information content (AvgIpc) is 3.17. The quantitative estimate of drug-likeness (QED) is 0.656. The maximum atomic E-state index is 13.1. The van der Waals surface area contributed by atoms with Crippen LogP contribution in [0.3, 0.4) is 0 Å². The van der Waals surface area contributed by atoms with Crippen LogP contribution in [0.5, 0.6) is 5.75 Å². The Morgan fingerprint density at radius 2 is 1.94 bits per heavy atom. The number of aromatic hydroxyl groups is 1. The Kier molecular flexibility index (Phi) is 5.42. The molecule has 1 atom stereocenters. The van der Waals surface area contributed by atoms with E-state index in [4.69, 9.17) is 0 Å². The van der Waals surface area contributed by atoms with Gasteiger partial charge in [-0.15, -0.1) is 15.3 Å². The van der Waals surface area contributed by atoms with Crippen molar-refractivity contribution in [2.75, 3.05) is 18.0 Å². The molecule has 3 aromatic rings. The van der Waals surface area contributed by atoms with E-state index in [1.165, 1.54) is 6.07 Å². The van der Waals surface area contributed by atoms with Gasteiger partial charge in [0.15, 0.2) is 5.65 Å². The molecule has 0 bridgehead atoms. The van der Waals surface area contributed by atoms with Crippen LogP contribution >= 0.6 is 0 Å². The van der Waals surface area contributed by atoms with E-state index in [1.807, 2.05) is 17.9 Å². The van der Waals surface area contributed by atoms with Crippen molar-refractivity contribution < 1.29 is 23.1 Å². The lowest BCUT2D eigenvalue weighted by atomic mass is 9.95. The molecule has 1 saturated heterocycles. The van der Waals surface area contributed by atoms with Crippen LogP contribution in [0.25, 0.3) is 5.65 Å². The predicted molar refractivity (Wildman–Crippen MR) is 105 cm³/mol. The summed E-state index contributed by atoms with van der Waals surface area (Å²) in [5.41, 5.74) is 0.823. The van der Waals surface area contributed by atoms with Crippen molar-refractivity contribution in [2.24, 2.45) is 5.92 Å². The molecule has 0 saturated carbocycles. The fraction of sp³-hybridized carbons (Fsp3) is 0.400. The summed E-state index contributed by atoms with van der Waals surface area (Å²) in [5, 5.41) is 23.3. The normalized spacial score (nSPS) is 16.5. The van der Waals surface area contributed by atoms with Crippen LogP contribution in [0.4, 0.5) is 19.0 Å². The number of fused-ring (bicyclic) bond motifs is 1. The average molecular weight is 434 g/mol. The van der Waals surface area contributed by atoms with Crippen molar-refractivity contribution >= 4 is 17.4 Å². The Balaban J connectivity index is 1.40. The molecule has 2 N–H and O–H groups in total. The Bertz CT molecular complexity index is 1090. The Labute approximate surface area is 175 Å². The van der Waals surface area contributed by atoms with Crippen molar-refractivity contribution in [3.05, 3.63) is 47.8 Å². The number of nitrogens with one attached hydrogen (secondary N) is 1. The molecule has 0 radical (unpaired) electrons. The number of rotatable bonds is 4. The number of amides is 1. The highest BCUT2D eigenvalue weighted by Gasteiger charge is 2.38. The molecular weight excluding hydrogens is 413 g/mol. The first-order chi connectivity index (χ1) is 14.7. The lowest BCUT2D eigenvalue weighted by molar-refractivity contribution is -0.146. The number of carbonyl (C=O) groups excluding carboxylic acids is 1. The fourth-order valence-corrected chi connectivity index (χ4v) is 3.70. The fourth-order valence-electron chi connectivity index (χ4n) is 3.70. The van der Waals surface area contributed by atoms with Gasteiger partial charge in [0.05, 0.1) is 6.04 Å². The van der Waals surface area contributed by atoms with Gasteiger partial charge in [-0.2, -0.15) is 17.7 Å². The molecular formula is C20H21F3N6O2. The summed E-state index contributed by atoms with van der Waals surface area (Å²) in [6.45, 7) is 2.82. The van der Waals surface area contributed by atoms with Crippen LogP contribution in [-0.4, -0.2) is 43.9 Å². The van der Waals surface area contributed by atoms with Crippen molar-refractivity contribution in [2.45, 2.75) is 32.0 Å². The van der Waals surface area contributed by atoms with Gasteiger partial charge in [0.2, 0.25) is 5.91 Å². The second kappa shape index (κ2) is 8.05. The molecule has 0 spiro atoms. The molecule has 1 amide bonds. The summed E-state index contributed by atoms with van der Waals surface area (Å²) in [7, 11) is 0. The SMILES string of the molecule is CC(NC(=O)C1CCN(c2ccc3nnc(C(F)(F)F)n3n2)CC1)c1cccc(O)c1. The van der Waals surface area contributed by atoms with E-state index in [1.54, 1.807) is 24.3 Å². The molecule has 1 fully saturated rings. The number of alkyl halides is 3. The van der Waals surface area contributed by atoms with E-state index in [9.17, 15) is 23.1 Å². The maximum Gasteiger partial charge on any atom is 0.453 e. The molecule has 3 heterocycles. The lowest BCUT2D eigenvalue weighted by Gasteiger charge is -2.32. The predicted octanol–water partition coefficient (Wildman–Crippen LogP) is 2.94. The standard InChI is InChI=1S/C20H21F3N6O2/c1-12(14-3-2-4-15(30)11-14)24-18(31)13-7-9-28(10-8-13)17-6-5-16-25-26-19(20(21,22)23)29(16)27-17/h2-6,11-13,30H,7-10H2,1H3,(H,24,31). The molecule has 0 aliphatic carbocycles. The zero-order valence-corrected chi connectivity index (χ0v) is 16.7. The Hall–Kier alpha value is -3.37. The molecule has 1 aliphatic rings. The molecule has 4 rings (SSSR count). The van der Waals surface area contributed by atoms with Crippen molar-refractivity contribution in [1.82, 2.24) is 25.1 Å². The van der Waals surface area contributed by atoms with Crippen LogP contribution in [-0.2, 0) is 11.0 Å². The summed E-state index contributed by atoms with van der Waals surface area (Å²) in [6, 6.07) is 9.52. The highest BCUT2D eigenvalue weighted by Crippen LogP contribution is 2.29. The zero-order chi connectivity index (χ0) is 22.2. The number of halogens is 3. The highest BCUT2D eigenvalue weighted by atomic mass is 19.4. The van der Waals surface area contributed by atoms with E-state index in [0.29, 0.717) is 36.3 Å². The third-order valence-electron chi connectivity index (χ3n) is 5.42. The molecule has 1 aromatic carbocycles. The molecule has 31 heavy (non-hydrogen) atoms. The zero-order valence-electron chi connectivity index (χ0n) is 16.7. The molecule has 11 heteroatoms. The van der Waals surface area contributed by atoms with Gasteiger partial charge < -0.3 is 15.3 Å². The van der Waals surface area contributed by atoms with Crippen molar-refractivity contribution in [3.8, 4) is 5.75 Å². The van der Waals surface area contributed by atoms with Crippen LogP contribution < -0.4 is 10.2 Å². The van der Waals surface area contributed by atoms with Crippen LogP contribution in [0, 0.1) is 5.92 Å². The van der Waals surface area contributed by atoms with Crippen molar-refractivity contribution in [1.29, 1.82) is 0 Å². The maximum absolute atomic E-state index is 13.1. The number of anilines is 1. The highest BCUT2D eigenvalue weighted by molar-refractivity contribution is 5.79. The third-order valence-corrected chi connectivity index (χ3v) is 5.42. The number of aromatic nitrogens is 4. The number of phenols is 1. The minimum atomic E-state index is -4.65. The summed E-state index contributed by atoms with van der Waals surface area (Å²) in [6.07, 6.45) is -3.55. The first-order valence-corrected chi connectivity index (χ1v) is 9.86. The molecule has 1 aliphatic heterocycles. The van der Waals surface area contributed by atoms with E-state index < -0.39 is 12.0 Å². The largest absolute Gasteiger partial charge is 0.508 e. The lowest BCUT2D eigenvalue weighted by Crippen LogP contribution is -2.41. The van der Waals surface area contributed by atoms with Gasteiger partial charge in [-0.3, -0.25) is 4.79 Å². The van der Waals surface area contributed by atoms with E-state index in [2.05, 4.69) is 20.6 Å². The van der Waals surface area contributed by atoms with Gasteiger partial charge in [0.25, 0.3) is 5.82 Å². The van der Waals surface area contributed by atoms with Gasteiger partial charge in [-0.25, -0.2) is 0 Å². The van der Waals surface area contributed by atoms with Gasteiger partial charge in [-0.1, -0.05) is 12.1 Å². The van der Waals surface area contributed by atoms with Gasteiger partial charge in [0.1, 0.15) is 11.6 Å². The summed E-state index contributed by atoms with van der Waals surface area (Å²) in [5.74, 6) is -0.944. The first-order valence-electron chi connectivity index (χ1n) is 9.86. The molecule has 164 valence electrons. The van der Waals surface area contributed by atoms with Gasteiger partial charge in [0, 0.05) is 19.0 Å². The Morgan fingerprint density at radius 3 is 2.61 bits per heavy atom. The number of carbonyl (C=O) groups is 1. The van der Waals surface area contributed by atoms with E-state index >= 15 is 0 Å². The Morgan fingerprint density at radius 1 is 1.19 bits per heavy atom. The summed E-state index contributed by atoms with van der Waals surface area (Å²) in [4.78, 5) is 14.5.